The maximum Gasteiger partial charge on any atom is 0.123 e. The molecule has 3 nitrogen and oxygen atoms in total. The van der Waals surface area contributed by atoms with Crippen molar-refractivity contribution in [2.45, 2.75) is 45.1 Å². The molecule has 2 aromatic rings. The fourth-order valence-corrected chi connectivity index (χ4v) is 2.68. The highest BCUT2D eigenvalue weighted by Gasteiger charge is 2.14. The Balaban J connectivity index is 2.10. The zero-order valence-corrected chi connectivity index (χ0v) is 12.8. The van der Waals surface area contributed by atoms with Crippen LogP contribution < -0.4 is 5.73 Å². The van der Waals surface area contributed by atoms with Gasteiger partial charge >= 0.3 is 0 Å². The lowest BCUT2D eigenvalue weighted by atomic mass is 9.94. The number of aromatic nitrogens is 2. The monoisotopic (exact) mass is 289 g/mol. The zero-order valence-electron chi connectivity index (χ0n) is 12.8. The molecule has 1 atom stereocenters. The second kappa shape index (κ2) is 7.36. The fraction of sp³-hybridized carbons (Fsp3) is 0.471. The smallest absolute Gasteiger partial charge is 0.123 e. The minimum absolute atomic E-state index is 0.177. The summed E-state index contributed by atoms with van der Waals surface area (Å²) in [7, 11) is 0. The van der Waals surface area contributed by atoms with Gasteiger partial charge in [0, 0.05) is 12.1 Å². The molecule has 4 heteroatoms. The van der Waals surface area contributed by atoms with Crippen molar-refractivity contribution in [3.63, 3.8) is 0 Å². The second-order valence-electron chi connectivity index (χ2n) is 5.45. The molecule has 0 aliphatic carbocycles. The molecule has 2 N–H and O–H groups in total. The van der Waals surface area contributed by atoms with Gasteiger partial charge in [-0.05, 0) is 49.6 Å². The highest BCUT2D eigenvalue weighted by Crippen LogP contribution is 2.21. The minimum atomic E-state index is -0.215. The first-order chi connectivity index (χ1) is 10.2. The van der Waals surface area contributed by atoms with Crippen molar-refractivity contribution in [3.8, 4) is 0 Å². The van der Waals surface area contributed by atoms with Crippen LogP contribution in [0.4, 0.5) is 4.39 Å². The van der Waals surface area contributed by atoms with Crippen LogP contribution in [-0.4, -0.2) is 16.3 Å². The molecule has 114 valence electrons. The Morgan fingerprint density at radius 3 is 2.38 bits per heavy atom. The number of benzene rings is 1. The number of hydrogen-bond acceptors (Lipinski definition) is 2. The largest absolute Gasteiger partial charge is 0.330 e. The summed E-state index contributed by atoms with van der Waals surface area (Å²) in [6.07, 6.45) is 4.99. The molecular formula is C17H24FN3. The summed E-state index contributed by atoms with van der Waals surface area (Å²) in [5.74, 6) is -0.0387. The summed E-state index contributed by atoms with van der Waals surface area (Å²) >= 11 is 0. The Morgan fingerprint density at radius 2 is 1.81 bits per heavy atom. The van der Waals surface area contributed by atoms with Crippen LogP contribution in [-0.2, 0) is 6.42 Å². The highest BCUT2D eigenvalue weighted by molar-refractivity contribution is 5.22. The second-order valence-corrected chi connectivity index (χ2v) is 5.45. The van der Waals surface area contributed by atoms with E-state index in [-0.39, 0.29) is 11.7 Å². The fourth-order valence-electron chi connectivity index (χ4n) is 2.68. The van der Waals surface area contributed by atoms with E-state index in [1.165, 1.54) is 12.1 Å². The van der Waals surface area contributed by atoms with Crippen LogP contribution in [0.15, 0.2) is 36.5 Å². The molecule has 0 aliphatic rings. The van der Waals surface area contributed by atoms with E-state index in [4.69, 9.17) is 5.73 Å². The van der Waals surface area contributed by atoms with Crippen LogP contribution in [0.3, 0.4) is 0 Å². The molecule has 1 aromatic heterocycles. The Hall–Kier alpha value is -1.68. The number of nitrogens with zero attached hydrogens (tertiary/aromatic N) is 2. The number of nitrogens with two attached hydrogens (primary N) is 1. The first-order valence-electron chi connectivity index (χ1n) is 7.67. The lowest BCUT2D eigenvalue weighted by Gasteiger charge is -2.15. The van der Waals surface area contributed by atoms with E-state index >= 15 is 0 Å². The van der Waals surface area contributed by atoms with Crippen molar-refractivity contribution in [2.24, 2.45) is 5.73 Å². The third-order valence-corrected chi connectivity index (χ3v) is 4.06. The number of rotatable bonds is 7. The number of halogens is 1. The molecule has 0 fully saturated rings. The zero-order chi connectivity index (χ0) is 15.2. The van der Waals surface area contributed by atoms with Crippen LogP contribution in [0.1, 0.15) is 49.9 Å². The van der Waals surface area contributed by atoms with Crippen LogP contribution >= 0.6 is 0 Å². The van der Waals surface area contributed by atoms with Gasteiger partial charge < -0.3 is 5.73 Å². The third-order valence-electron chi connectivity index (χ3n) is 4.06. The molecular weight excluding hydrogens is 265 g/mol. The van der Waals surface area contributed by atoms with Crippen LogP contribution in [0, 0.1) is 5.82 Å². The summed E-state index contributed by atoms with van der Waals surface area (Å²) < 4.78 is 15.1. The molecule has 0 aliphatic heterocycles. The Kier molecular flexibility index (Phi) is 5.51. The van der Waals surface area contributed by atoms with E-state index in [1.807, 2.05) is 23.0 Å². The van der Waals surface area contributed by atoms with Crippen molar-refractivity contribution >= 4 is 0 Å². The van der Waals surface area contributed by atoms with Crippen molar-refractivity contribution < 1.29 is 4.39 Å². The lowest BCUT2D eigenvalue weighted by Crippen LogP contribution is -2.16. The molecule has 1 aromatic carbocycles. The summed E-state index contributed by atoms with van der Waals surface area (Å²) in [6, 6.07) is 9.11. The summed E-state index contributed by atoms with van der Waals surface area (Å²) in [5, 5.41) is 4.67. The first kappa shape index (κ1) is 15.7. The summed E-state index contributed by atoms with van der Waals surface area (Å²) in [6.45, 7) is 4.89. The van der Waals surface area contributed by atoms with Crippen LogP contribution in [0.5, 0.6) is 0 Å². The van der Waals surface area contributed by atoms with Crippen LogP contribution in [0.25, 0.3) is 0 Å². The van der Waals surface area contributed by atoms with E-state index in [0.29, 0.717) is 12.6 Å². The van der Waals surface area contributed by atoms with Gasteiger partial charge in [-0.1, -0.05) is 26.0 Å². The average molecular weight is 289 g/mol. The summed E-state index contributed by atoms with van der Waals surface area (Å²) in [4.78, 5) is 0. The van der Waals surface area contributed by atoms with Gasteiger partial charge in [0.2, 0.25) is 0 Å². The van der Waals surface area contributed by atoms with Gasteiger partial charge in [0.1, 0.15) is 5.82 Å². The lowest BCUT2D eigenvalue weighted by molar-refractivity contribution is 0.424. The Labute approximate surface area is 126 Å². The standard InChI is InChI=1S/C17H24FN3/c1-3-17(4-2)21-10-9-16(20-21)11-14(12-19)13-5-7-15(18)8-6-13/h5-10,14,17H,3-4,11-12,19H2,1-2H3. The molecule has 0 spiro atoms. The predicted octanol–water partition coefficient (Wildman–Crippen LogP) is 3.67. The van der Waals surface area contributed by atoms with Gasteiger partial charge in [0.25, 0.3) is 0 Å². The molecule has 0 radical (unpaired) electrons. The van der Waals surface area contributed by atoms with E-state index < -0.39 is 0 Å². The molecule has 0 saturated heterocycles. The highest BCUT2D eigenvalue weighted by atomic mass is 19.1. The summed E-state index contributed by atoms with van der Waals surface area (Å²) in [5.41, 5.74) is 7.99. The minimum Gasteiger partial charge on any atom is -0.330 e. The molecule has 1 unspecified atom stereocenters. The number of hydrogen-bond donors (Lipinski definition) is 1. The quantitative estimate of drug-likeness (QED) is 0.845. The average Bonchev–Trinajstić information content (AvgIpc) is 2.96. The maximum atomic E-state index is 13.0. The Bertz CT molecular complexity index is 543. The van der Waals surface area contributed by atoms with E-state index in [1.54, 1.807) is 0 Å². The van der Waals surface area contributed by atoms with Gasteiger partial charge in [-0.15, -0.1) is 0 Å². The van der Waals surface area contributed by atoms with Gasteiger partial charge in [0.15, 0.2) is 0 Å². The van der Waals surface area contributed by atoms with Crippen molar-refractivity contribution in [1.29, 1.82) is 0 Å². The van der Waals surface area contributed by atoms with E-state index in [9.17, 15) is 4.39 Å². The SMILES string of the molecule is CCC(CC)n1ccc(CC(CN)c2ccc(F)cc2)n1. The molecule has 0 amide bonds. The van der Waals surface area contributed by atoms with Gasteiger partial charge in [-0.3, -0.25) is 4.68 Å². The third kappa shape index (κ3) is 3.91. The Morgan fingerprint density at radius 1 is 1.14 bits per heavy atom. The van der Waals surface area contributed by atoms with Crippen LogP contribution in [0.2, 0.25) is 0 Å². The van der Waals surface area contributed by atoms with Gasteiger partial charge in [0.05, 0.1) is 11.7 Å². The van der Waals surface area contributed by atoms with Gasteiger partial charge in [-0.2, -0.15) is 5.10 Å². The first-order valence-corrected chi connectivity index (χ1v) is 7.67. The molecule has 2 rings (SSSR count). The normalized spacial score (nSPS) is 12.8. The molecule has 21 heavy (non-hydrogen) atoms. The van der Waals surface area contributed by atoms with Crippen molar-refractivity contribution in [1.82, 2.24) is 9.78 Å². The maximum absolute atomic E-state index is 13.0. The molecule has 0 saturated carbocycles. The van der Waals surface area contributed by atoms with E-state index in [0.717, 1.165) is 30.5 Å². The topological polar surface area (TPSA) is 43.8 Å². The van der Waals surface area contributed by atoms with Crippen molar-refractivity contribution in [2.75, 3.05) is 6.54 Å². The molecule has 1 heterocycles. The molecule has 0 bridgehead atoms. The predicted molar refractivity (Wildman–Crippen MR) is 83.7 cm³/mol. The van der Waals surface area contributed by atoms with Crippen molar-refractivity contribution in [3.05, 3.63) is 53.6 Å². The van der Waals surface area contributed by atoms with E-state index in [2.05, 4.69) is 25.0 Å². The van der Waals surface area contributed by atoms with Gasteiger partial charge in [-0.25, -0.2) is 4.39 Å².